The van der Waals surface area contributed by atoms with E-state index >= 15 is 0 Å². The molecule has 0 saturated carbocycles. The molecule has 0 saturated heterocycles. The number of carbonyl (C=O) groups is 1. The van der Waals surface area contributed by atoms with Crippen LogP contribution in [0.25, 0.3) is 0 Å². The molecule has 1 N–H and O–H groups in total. The highest BCUT2D eigenvalue weighted by Crippen LogP contribution is 2.16. The standard InChI is InChI=1S/C15H19N3O2/c1-12(2)20-11-15(19)17-14-7-4-3-6-13(14)10-18-9-5-8-16-18/h3-9,12H,10-11H2,1-2H3,(H,17,19). The molecule has 1 aromatic heterocycles. The van der Waals surface area contributed by atoms with Gasteiger partial charge < -0.3 is 10.1 Å². The van der Waals surface area contributed by atoms with E-state index < -0.39 is 0 Å². The summed E-state index contributed by atoms with van der Waals surface area (Å²) in [5, 5.41) is 7.04. The van der Waals surface area contributed by atoms with Gasteiger partial charge in [-0.25, -0.2) is 0 Å². The molecule has 0 unspecified atom stereocenters. The number of benzene rings is 1. The van der Waals surface area contributed by atoms with Crippen LogP contribution in [0.15, 0.2) is 42.7 Å². The number of ether oxygens (including phenoxy) is 1. The number of hydrogen-bond donors (Lipinski definition) is 1. The summed E-state index contributed by atoms with van der Waals surface area (Å²) in [6.45, 7) is 4.49. The molecule has 0 radical (unpaired) electrons. The van der Waals surface area contributed by atoms with E-state index in [0.717, 1.165) is 11.3 Å². The van der Waals surface area contributed by atoms with Crippen molar-refractivity contribution in [3.8, 4) is 0 Å². The Balaban J connectivity index is 2.02. The summed E-state index contributed by atoms with van der Waals surface area (Å²) >= 11 is 0. The minimum atomic E-state index is -0.147. The third-order valence-electron chi connectivity index (χ3n) is 2.73. The van der Waals surface area contributed by atoms with Gasteiger partial charge in [-0.3, -0.25) is 9.48 Å². The molecule has 20 heavy (non-hydrogen) atoms. The van der Waals surface area contributed by atoms with Crippen molar-refractivity contribution in [2.75, 3.05) is 11.9 Å². The lowest BCUT2D eigenvalue weighted by molar-refractivity contribution is -0.121. The van der Waals surface area contributed by atoms with Crippen LogP contribution in [0.4, 0.5) is 5.69 Å². The van der Waals surface area contributed by atoms with Crippen LogP contribution < -0.4 is 5.32 Å². The largest absolute Gasteiger partial charge is 0.369 e. The number of anilines is 1. The number of aromatic nitrogens is 2. The number of rotatable bonds is 6. The number of nitrogens with one attached hydrogen (secondary N) is 1. The monoisotopic (exact) mass is 273 g/mol. The van der Waals surface area contributed by atoms with Gasteiger partial charge in [0.15, 0.2) is 0 Å². The minimum absolute atomic E-state index is 0.0417. The highest BCUT2D eigenvalue weighted by atomic mass is 16.5. The zero-order valence-corrected chi connectivity index (χ0v) is 11.7. The average Bonchev–Trinajstić information content (AvgIpc) is 2.92. The molecule has 5 heteroatoms. The maximum absolute atomic E-state index is 11.8. The Morgan fingerprint density at radius 2 is 2.15 bits per heavy atom. The molecule has 1 aromatic carbocycles. The Labute approximate surface area is 118 Å². The van der Waals surface area contributed by atoms with Crippen molar-refractivity contribution in [1.82, 2.24) is 9.78 Å². The third kappa shape index (κ3) is 4.20. The molecule has 106 valence electrons. The first-order valence-electron chi connectivity index (χ1n) is 6.62. The Morgan fingerprint density at radius 1 is 1.35 bits per heavy atom. The maximum Gasteiger partial charge on any atom is 0.250 e. The summed E-state index contributed by atoms with van der Waals surface area (Å²) in [6.07, 6.45) is 3.66. The second kappa shape index (κ2) is 6.86. The molecule has 1 amide bonds. The predicted octanol–water partition coefficient (Wildman–Crippen LogP) is 2.29. The van der Waals surface area contributed by atoms with Crippen LogP contribution in [0.5, 0.6) is 0 Å². The number of carbonyl (C=O) groups excluding carboxylic acids is 1. The van der Waals surface area contributed by atoms with E-state index in [2.05, 4.69) is 10.4 Å². The van der Waals surface area contributed by atoms with E-state index in [9.17, 15) is 4.79 Å². The topological polar surface area (TPSA) is 56.1 Å². The van der Waals surface area contributed by atoms with Gasteiger partial charge in [0.2, 0.25) is 5.91 Å². The molecule has 2 aromatic rings. The molecular formula is C15H19N3O2. The second-order valence-electron chi connectivity index (χ2n) is 4.77. The van der Waals surface area contributed by atoms with Crippen molar-refractivity contribution in [2.24, 2.45) is 0 Å². The molecule has 0 atom stereocenters. The van der Waals surface area contributed by atoms with Crippen LogP contribution in [0.1, 0.15) is 19.4 Å². The van der Waals surface area contributed by atoms with Crippen molar-refractivity contribution in [3.63, 3.8) is 0 Å². The normalized spacial score (nSPS) is 10.8. The van der Waals surface area contributed by atoms with Crippen LogP contribution in [0, 0.1) is 0 Å². The summed E-state index contributed by atoms with van der Waals surface area (Å²) < 4.78 is 7.11. The van der Waals surface area contributed by atoms with Crippen LogP contribution in [0.3, 0.4) is 0 Å². The van der Waals surface area contributed by atoms with Gasteiger partial charge in [0, 0.05) is 18.1 Å². The average molecular weight is 273 g/mol. The van der Waals surface area contributed by atoms with Crippen molar-refractivity contribution in [2.45, 2.75) is 26.5 Å². The summed E-state index contributed by atoms with van der Waals surface area (Å²) in [4.78, 5) is 11.8. The number of amides is 1. The quantitative estimate of drug-likeness (QED) is 0.878. The van der Waals surface area contributed by atoms with Crippen LogP contribution in [0.2, 0.25) is 0 Å². The van der Waals surface area contributed by atoms with E-state index in [1.165, 1.54) is 0 Å². The van der Waals surface area contributed by atoms with Gasteiger partial charge in [-0.05, 0) is 31.5 Å². The summed E-state index contributed by atoms with van der Waals surface area (Å²) in [5.74, 6) is -0.147. The van der Waals surface area contributed by atoms with Gasteiger partial charge in [0.25, 0.3) is 0 Å². The van der Waals surface area contributed by atoms with Gasteiger partial charge in [-0.1, -0.05) is 18.2 Å². The number of para-hydroxylation sites is 1. The molecule has 0 aliphatic heterocycles. The van der Waals surface area contributed by atoms with Gasteiger partial charge >= 0.3 is 0 Å². The molecule has 0 spiro atoms. The smallest absolute Gasteiger partial charge is 0.250 e. The third-order valence-corrected chi connectivity index (χ3v) is 2.73. The highest BCUT2D eigenvalue weighted by Gasteiger charge is 2.08. The molecule has 0 fully saturated rings. The highest BCUT2D eigenvalue weighted by molar-refractivity contribution is 5.92. The second-order valence-corrected chi connectivity index (χ2v) is 4.77. The Hall–Kier alpha value is -2.14. The summed E-state index contributed by atoms with van der Waals surface area (Å²) in [6, 6.07) is 9.56. The van der Waals surface area contributed by atoms with E-state index in [0.29, 0.717) is 6.54 Å². The predicted molar refractivity (Wildman–Crippen MR) is 77.5 cm³/mol. The van der Waals surface area contributed by atoms with E-state index in [4.69, 9.17) is 4.74 Å². The zero-order chi connectivity index (χ0) is 14.4. The molecule has 2 rings (SSSR count). The lowest BCUT2D eigenvalue weighted by Crippen LogP contribution is -2.21. The van der Waals surface area contributed by atoms with E-state index in [1.54, 1.807) is 6.20 Å². The minimum Gasteiger partial charge on any atom is -0.369 e. The fourth-order valence-corrected chi connectivity index (χ4v) is 1.78. The lowest BCUT2D eigenvalue weighted by atomic mass is 10.1. The lowest BCUT2D eigenvalue weighted by Gasteiger charge is -2.12. The SMILES string of the molecule is CC(C)OCC(=O)Nc1ccccc1Cn1cccn1. The van der Waals surface area contributed by atoms with Crippen LogP contribution in [-0.2, 0) is 16.1 Å². The van der Waals surface area contributed by atoms with Gasteiger partial charge in [0.05, 0.1) is 12.6 Å². The first kappa shape index (κ1) is 14.3. The first-order chi connectivity index (χ1) is 9.65. The summed E-state index contributed by atoms with van der Waals surface area (Å²) in [5.41, 5.74) is 1.80. The van der Waals surface area contributed by atoms with Crippen LogP contribution >= 0.6 is 0 Å². The van der Waals surface area contributed by atoms with Crippen molar-refractivity contribution < 1.29 is 9.53 Å². The van der Waals surface area contributed by atoms with Gasteiger partial charge in [-0.2, -0.15) is 5.10 Å². The van der Waals surface area contributed by atoms with E-state index in [1.807, 2.05) is 55.1 Å². The molecule has 0 aliphatic carbocycles. The Morgan fingerprint density at radius 3 is 2.85 bits per heavy atom. The number of hydrogen-bond acceptors (Lipinski definition) is 3. The van der Waals surface area contributed by atoms with Crippen molar-refractivity contribution >= 4 is 11.6 Å². The molecule has 0 bridgehead atoms. The first-order valence-corrected chi connectivity index (χ1v) is 6.62. The fourth-order valence-electron chi connectivity index (χ4n) is 1.78. The summed E-state index contributed by atoms with van der Waals surface area (Å²) in [7, 11) is 0. The van der Waals surface area contributed by atoms with Crippen molar-refractivity contribution in [3.05, 3.63) is 48.3 Å². The fraction of sp³-hybridized carbons (Fsp3) is 0.333. The van der Waals surface area contributed by atoms with Crippen LogP contribution in [-0.4, -0.2) is 28.4 Å². The van der Waals surface area contributed by atoms with Gasteiger partial charge in [-0.15, -0.1) is 0 Å². The number of nitrogens with zero attached hydrogens (tertiary/aromatic N) is 2. The molecular weight excluding hydrogens is 254 g/mol. The van der Waals surface area contributed by atoms with Gasteiger partial charge in [0.1, 0.15) is 6.61 Å². The zero-order valence-electron chi connectivity index (χ0n) is 11.7. The maximum atomic E-state index is 11.8. The molecule has 0 aliphatic rings. The molecule has 5 nitrogen and oxygen atoms in total. The molecule has 1 heterocycles. The van der Waals surface area contributed by atoms with E-state index in [-0.39, 0.29) is 18.6 Å². The Bertz CT molecular complexity index is 550. The van der Waals surface area contributed by atoms with Crippen molar-refractivity contribution in [1.29, 1.82) is 0 Å². The Kier molecular flexibility index (Phi) is 4.90.